The van der Waals surface area contributed by atoms with E-state index in [1.165, 1.54) is 0 Å². The topological polar surface area (TPSA) is 23.8 Å². The largest absolute Gasteiger partial charge is 0.305 e. The number of halogens is 1. The lowest BCUT2D eigenvalue weighted by atomic mass is 10.3. The molecule has 4 nitrogen and oxygen atoms in total. The third kappa shape index (κ3) is 2.51. The van der Waals surface area contributed by atoms with E-state index in [0.29, 0.717) is 0 Å². The monoisotopic (exact) mass is 264 g/mol. The van der Waals surface area contributed by atoms with Gasteiger partial charge in [0.05, 0.1) is 10.7 Å². The van der Waals surface area contributed by atoms with Gasteiger partial charge >= 0.3 is 0 Å². The molecule has 1 fully saturated rings. The zero-order chi connectivity index (χ0) is 12.5. The quantitative estimate of drug-likeness (QED) is 0.826. The van der Waals surface area contributed by atoms with Crippen LogP contribution in [0.2, 0.25) is 5.02 Å². The van der Waals surface area contributed by atoms with E-state index in [2.05, 4.69) is 28.0 Å². The number of likely N-dealkylation sites (N-methyl/N-ethyl adjacent to an activating group) is 1. The van der Waals surface area contributed by atoms with Crippen LogP contribution in [0.1, 0.15) is 5.69 Å². The molecule has 0 bridgehead atoms. The number of fused-ring (bicyclic) bond motifs is 1. The van der Waals surface area contributed by atoms with Crippen LogP contribution in [0, 0.1) is 0 Å². The third-order valence-electron chi connectivity index (χ3n) is 3.45. The van der Waals surface area contributed by atoms with Gasteiger partial charge in [-0.3, -0.25) is 4.90 Å². The number of imidazole rings is 1. The van der Waals surface area contributed by atoms with Crippen molar-refractivity contribution in [2.45, 2.75) is 6.54 Å². The van der Waals surface area contributed by atoms with Gasteiger partial charge in [0.1, 0.15) is 5.65 Å². The molecule has 1 aliphatic rings. The highest BCUT2D eigenvalue weighted by atomic mass is 35.5. The first-order valence-electron chi connectivity index (χ1n) is 6.25. The summed E-state index contributed by atoms with van der Waals surface area (Å²) in [5.41, 5.74) is 2.07. The summed E-state index contributed by atoms with van der Waals surface area (Å²) >= 11 is 5.97. The second-order valence-electron chi connectivity index (χ2n) is 4.92. The summed E-state index contributed by atoms with van der Waals surface area (Å²) in [4.78, 5) is 9.42. The van der Waals surface area contributed by atoms with Crippen molar-refractivity contribution in [3.8, 4) is 0 Å². The number of hydrogen-bond acceptors (Lipinski definition) is 3. The Morgan fingerprint density at radius 1 is 1.17 bits per heavy atom. The number of aromatic nitrogens is 2. The molecule has 3 heterocycles. The van der Waals surface area contributed by atoms with E-state index in [9.17, 15) is 0 Å². The van der Waals surface area contributed by atoms with Crippen molar-refractivity contribution >= 4 is 17.2 Å². The normalized spacial score (nSPS) is 18.6. The molecule has 0 aliphatic carbocycles. The Bertz CT molecular complexity index is 543. The molecule has 1 aliphatic heterocycles. The second-order valence-corrected chi connectivity index (χ2v) is 5.36. The average molecular weight is 265 g/mol. The summed E-state index contributed by atoms with van der Waals surface area (Å²) in [5, 5.41) is 0.742. The Morgan fingerprint density at radius 2 is 1.94 bits per heavy atom. The number of piperazine rings is 1. The van der Waals surface area contributed by atoms with Crippen LogP contribution >= 0.6 is 11.6 Å². The molecular weight excluding hydrogens is 248 g/mol. The number of nitrogens with zero attached hydrogens (tertiary/aromatic N) is 4. The van der Waals surface area contributed by atoms with Gasteiger partial charge in [-0.15, -0.1) is 0 Å². The summed E-state index contributed by atoms with van der Waals surface area (Å²) in [6, 6.07) is 3.83. The minimum Gasteiger partial charge on any atom is -0.305 e. The van der Waals surface area contributed by atoms with Gasteiger partial charge in [0.2, 0.25) is 0 Å². The molecule has 1 saturated heterocycles. The molecule has 96 valence electrons. The maximum absolute atomic E-state index is 5.97. The zero-order valence-electron chi connectivity index (χ0n) is 10.5. The summed E-state index contributed by atoms with van der Waals surface area (Å²) < 4.78 is 1.99. The first-order valence-corrected chi connectivity index (χ1v) is 6.62. The van der Waals surface area contributed by atoms with Gasteiger partial charge in [0, 0.05) is 45.1 Å². The van der Waals surface area contributed by atoms with Crippen LogP contribution in [0.3, 0.4) is 0 Å². The summed E-state index contributed by atoms with van der Waals surface area (Å²) in [6.07, 6.45) is 3.97. The molecule has 0 unspecified atom stereocenters. The van der Waals surface area contributed by atoms with Crippen molar-refractivity contribution in [1.82, 2.24) is 19.2 Å². The Labute approximate surface area is 112 Å². The maximum Gasteiger partial charge on any atom is 0.137 e. The second kappa shape index (κ2) is 4.88. The van der Waals surface area contributed by atoms with E-state index < -0.39 is 0 Å². The molecule has 0 atom stereocenters. The van der Waals surface area contributed by atoms with Crippen molar-refractivity contribution in [1.29, 1.82) is 0 Å². The lowest BCUT2D eigenvalue weighted by Crippen LogP contribution is -2.43. The van der Waals surface area contributed by atoms with E-state index in [4.69, 9.17) is 11.6 Å². The first-order chi connectivity index (χ1) is 8.70. The molecule has 5 heteroatoms. The smallest absolute Gasteiger partial charge is 0.137 e. The van der Waals surface area contributed by atoms with Crippen LogP contribution in [0.15, 0.2) is 24.5 Å². The Morgan fingerprint density at radius 3 is 2.72 bits per heavy atom. The summed E-state index contributed by atoms with van der Waals surface area (Å²) in [6.45, 7) is 5.43. The predicted octanol–water partition coefficient (Wildman–Crippen LogP) is 1.74. The van der Waals surface area contributed by atoms with Gasteiger partial charge in [-0.2, -0.15) is 0 Å². The van der Waals surface area contributed by atoms with E-state index in [1.54, 1.807) is 0 Å². The highest BCUT2D eigenvalue weighted by Gasteiger charge is 2.15. The molecule has 0 amide bonds. The minimum atomic E-state index is 0.742. The van der Waals surface area contributed by atoms with Crippen LogP contribution in [0.5, 0.6) is 0 Å². The van der Waals surface area contributed by atoms with Crippen molar-refractivity contribution < 1.29 is 0 Å². The van der Waals surface area contributed by atoms with Crippen molar-refractivity contribution in [3.05, 3.63) is 35.2 Å². The third-order valence-corrected chi connectivity index (χ3v) is 3.67. The van der Waals surface area contributed by atoms with E-state index >= 15 is 0 Å². The molecule has 0 N–H and O–H groups in total. The number of rotatable bonds is 2. The standard InChI is InChI=1S/C13H17ClN4/c1-16-4-6-17(7-5-16)9-12-10-18-8-11(14)2-3-13(18)15-12/h2-3,8,10H,4-7,9H2,1H3. The van der Waals surface area contributed by atoms with Crippen LogP contribution in [0.25, 0.3) is 5.65 Å². The van der Waals surface area contributed by atoms with Gasteiger partial charge in [-0.1, -0.05) is 11.6 Å². The van der Waals surface area contributed by atoms with Gasteiger partial charge in [-0.05, 0) is 19.2 Å². The Kier molecular flexibility index (Phi) is 3.24. The van der Waals surface area contributed by atoms with Crippen LogP contribution in [-0.4, -0.2) is 52.4 Å². The molecule has 18 heavy (non-hydrogen) atoms. The Balaban J connectivity index is 1.74. The van der Waals surface area contributed by atoms with Gasteiger partial charge in [0.25, 0.3) is 0 Å². The average Bonchev–Trinajstić information content (AvgIpc) is 2.73. The van der Waals surface area contributed by atoms with Crippen LogP contribution < -0.4 is 0 Å². The SMILES string of the molecule is CN1CCN(Cc2cn3cc(Cl)ccc3n2)CC1. The molecule has 2 aromatic heterocycles. The van der Waals surface area contributed by atoms with Crippen LogP contribution in [0.4, 0.5) is 0 Å². The maximum atomic E-state index is 5.97. The van der Waals surface area contributed by atoms with E-state index in [-0.39, 0.29) is 0 Å². The van der Waals surface area contributed by atoms with Crippen molar-refractivity contribution in [2.24, 2.45) is 0 Å². The molecule has 0 spiro atoms. The lowest BCUT2D eigenvalue weighted by Gasteiger charge is -2.31. The number of pyridine rings is 1. The predicted molar refractivity (Wildman–Crippen MR) is 73.0 cm³/mol. The summed E-state index contributed by atoms with van der Waals surface area (Å²) in [7, 11) is 2.17. The van der Waals surface area contributed by atoms with E-state index in [1.807, 2.05) is 22.7 Å². The number of hydrogen-bond donors (Lipinski definition) is 0. The highest BCUT2D eigenvalue weighted by molar-refractivity contribution is 6.30. The fourth-order valence-electron chi connectivity index (χ4n) is 2.33. The molecule has 0 aromatic carbocycles. The fourth-order valence-corrected chi connectivity index (χ4v) is 2.50. The van der Waals surface area contributed by atoms with Gasteiger partial charge < -0.3 is 9.30 Å². The fraction of sp³-hybridized carbons (Fsp3) is 0.462. The summed E-state index contributed by atoms with van der Waals surface area (Å²) in [5.74, 6) is 0. The van der Waals surface area contributed by atoms with E-state index in [0.717, 1.165) is 49.1 Å². The molecule has 0 radical (unpaired) electrons. The van der Waals surface area contributed by atoms with Gasteiger partial charge in [-0.25, -0.2) is 4.98 Å². The van der Waals surface area contributed by atoms with Gasteiger partial charge in [0.15, 0.2) is 0 Å². The van der Waals surface area contributed by atoms with Crippen molar-refractivity contribution in [3.63, 3.8) is 0 Å². The highest BCUT2D eigenvalue weighted by Crippen LogP contribution is 2.13. The Hall–Kier alpha value is -1.10. The molecule has 0 saturated carbocycles. The zero-order valence-corrected chi connectivity index (χ0v) is 11.3. The minimum absolute atomic E-state index is 0.742. The van der Waals surface area contributed by atoms with Crippen molar-refractivity contribution in [2.75, 3.05) is 33.2 Å². The van der Waals surface area contributed by atoms with Crippen LogP contribution in [-0.2, 0) is 6.54 Å². The first kappa shape index (κ1) is 12.0. The molecule has 2 aromatic rings. The molecule has 3 rings (SSSR count). The lowest BCUT2D eigenvalue weighted by molar-refractivity contribution is 0.147. The molecular formula is C13H17ClN4.